The smallest absolute Gasteiger partial charge is 0.409 e. The number of furan rings is 1. The second kappa shape index (κ2) is 6.32. The van der Waals surface area contributed by atoms with Crippen molar-refractivity contribution in [1.29, 1.82) is 0 Å². The van der Waals surface area contributed by atoms with Crippen molar-refractivity contribution in [3.05, 3.63) is 35.6 Å². The van der Waals surface area contributed by atoms with Gasteiger partial charge in [-0.15, -0.1) is 0 Å². The van der Waals surface area contributed by atoms with Crippen LogP contribution in [0.4, 0.5) is 4.79 Å². The number of amides is 2. The van der Waals surface area contributed by atoms with E-state index in [1.807, 2.05) is 31.2 Å². The van der Waals surface area contributed by atoms with Crippen molar-refractivity contribution in [2.75, 3.05) is 32.8 Å². The Kier molecular flexibility index (Phi) is 4.23. The van der Waals surface area contributed by atoms with Crippen LogP contribution in [0.3, 0.4) is 0 Å². The van der Waals surface area contributed by atoms with Gasteiger partial charge in [0.2, 0.25) is 0 Å². The molecule has 0 spiro atoms. The Morgan fingerprint density at radius 3 is 2.43 bits per heavy atom. The van der Waals surface area contributed by atoms with Crippen molar-refractivity contribution < 1.29 is 18.7 Å². The van der Waals surface area contributed by atoms with E-state index in [1.54, 1.807) is 16.7 Å². The first-order valence-electron chi connectivity index (χ1n) is 7.81. The molecule has 1 aliphatic heterocycles. The SMILES string of the molecule is CCOC(=O)N1CCN(C(=O)c2oc3ccccc3c2C)CC1. The molecule has 1 fully saturated rings. The zero-order valence-electron chi connectivity index (χ0n) is 13.4. The van der Waals surface area contributed by atoms with Crippen LogP contribution < -0.4 is 0 Å². The van der Waals surface area contributed by atoms with Crippen LogP contribution in [0, 0.1) is 6.92 Å². The molecule has 0 aliphatic carbocycles. The lowest BCUT2D eigenvalue weighted by Gasteiger charge is -2.33. The van der Waals surface area contributed by atoms with E-state index in [1.165, 1.54) is 0 Å². The number of benzene rings is 1. The third-order valence-corrected chi connectivity index (χ3v) is 4.13. The number of hydrogen-bond donors (Lipinski definition) is 0. The molecule has 0 bridgehead atoms. The molecule has 1 aromatic carbocycles. The first kappa shape index (κ1) is 15.4. The van der Waals surface area contributed by atoms with Gasteiger partial charge in [-0.25, -0.2) is 4.79 Å². The second-order valence-electron chi connectivity index (χ2n) is 5.53. The van der Waals surface area contributed by atoms with Gasteiger partial charge in [0.25, 0.3) is 5.91 Å². The second-order valence-corrected chi connectivity index (χ2v) is 5.53. The molecule has 1 aromatic heterocycles. The summed E-state index contributed by atoms with van der Waals surface area (Å²) in [6.07, 6.45) is -0.320. The van der Waals surface area contributed by atoms with Crippen LogP contribution in [0.25, 0.3) is 11.0 Å². The first-order valence-corrected chi connectivity index (χ1v) is 7.81. The molecular weight excluding hydrogens is 296 g/mol. The number of nitrogens with zero attached hydrogens (tertiary/aromatic N) is 2. The van der Waals surface area contributed by atoms with Crippen molar-refractivity contribution in [2.45, 2.75) is 13.8 Å². The topological polar surface area (TPSA) is 63.0 Å². The van der Waals surface area contributed by atoms with E-state index in [0.717, 1.165) is 16.5 Å². The zero-order valence-corrected chi connectivity index (χ0v) is 13.4. The van der Waals surface area contributed by atoms with Gasteiger partial charge >= 0.3 is 6.09 Å². The van der Waals surface area contributed by atoms with Crippen LogP contribution in [0.5, 0.6) is 0 Å². The standard InChI is InChI=1S/C17H20N2O4/c1-3-22-17(21)19-10-8-18(9-11-19)16(20)15-12(2)13-6-4-5-7-14(13)23-15/h4-7H,3,8-11H2,1-2H3. The van der Waals surface area contributed by atoms with Crippen LogP contribution in [0.2, 0.25) is 0 Å². The summed E-state index contributed by atoms with van der Waals surface area (Å²) in [5.74, 6) is 0.262. The Labute approximate surface area is 134 Å². The molecule has 0 unspecified atom stereocenters. The Morgan fingerprint density at radius 1 is 1.13 bits per heavy atom. The number of hydrogen-bond acceptors (Lipinski definition) is 4. The Bertz CT molecular complexity index is 729. The molecule has 3 rings (SSSR count). The van der Waals surface area contributed by atoms with Gasteiger partial charge in [0.05, 0.1) is 6.61 Å². The van der Waals surface area contributed by atoms with Crippen LogP contribution >= 0.6 is 0 Å². The Morgan fingerprint density at radius 2 is 1.78 bits per heavy atom. The van der Waals surface area contributed by atoms with E-state index in [2.05, 4.69) is 0 Å². The van der Waals surface area contributed by atoms with E-state index < -0.39 is 0 Å². The number of ether oxygens (including phenoxy) is 1. The minimum absolute atomic E-state index is 0.123. The lowest BCUT2D eigenvalue weighted by molar-refractivity contribution is 0.0547. The molecule has 122 valence electrons. The van der Waals surface area contributed by atoms with Crippen molar-refractivity contribution >= 4 is 23.0 Å². The van der Waals surface area contributed by atoms with Gasteiger partial charge in [-0.2, -0.15) is 0 Å². The van der Waals surface area contributed by atoms with Crippen molar-refractivity contribution in [2.24, 2.45) is 0 Å². The maximum atomic E-state index is 12.7. The highest BCUT2D eigenvalue weighted by Crippen LogP contribution is 2.26. The molecule has 1 aliphatic rings. The molecule has 23 heavy (non-hydrogen) atoms. The fourth-order valence-corrected chi connectivity index (χ4v) is 2.83. The molecule has 6 heteroatoms. The van der Waals surface area contributed by atoms with Crippen LogP contribution in [0.1, 0.15) is 23.0 Å². The van der Waals surface area contributed by atoms with Crippen molar-refractivity contribution in [1.82, 2.24) is 9.80 Å². The van der Waals surface area contributed by atoms with Gasteiger partial charge in [0.1, 0.15) is 5.58 Å². The van der Waals surface area contributed by atoms with E-state index in [-0.39, 0.29) is 12.0 Å². The van der Waals surface area contributed by atoms with E-state index in [4.69, 9.17) is 9.15 Å². The van der Waals surface area contributed by atoms with E-state index in [9.17, 15) is 9.59 Å². The molecule has 6 nitrogen and oxygen atoms in total. The number of carbonyl (C=O) groups excluding carboxylic acids is 2. The summed E-state index contributed by atoms with van der Waals surface area (Å²) >= 11 is 0. The van der Waals surface area contributed by atoms with Crippen LogP contribution in [0.15, 0.2) is 28.7 Å². The monoisotopic (exact) mass is 316 g/mol. The van der Waals surface area contributed by atoms with Crippen LogP contribution in [-0.4, -0.2) is 54.6 Å². The molecule has 2 amide bonds. The highest BCUT2D eigenvalue weighted by atomic mass is 16.6. The van der Waals surface area contributed by atoms with E-state index in [0.29, 0.717) is 38.5 Å². The fourth-order valence-electron chi connectivity index (χ4n) is 2.83. The molecule has 0 saturated carbocycles. The number of para-hydroxylation sites is 1. The maximum Gasteiger partial charge on any atom is 0.409 e. The third-order valence-electron chi connectivity index (χ3n) is 4.13. The van der Waals surface area contributed by atoms with Crippen molar-refractivity contribution in [3.63, 3.8) is 0 Å². The lowest BCUT2D eigenvalue weighted by atomic mass is 10.1. The fraction of sp³-hybridized carbons (Fsp3) is 0.412. The third kappa shape index (κ3) is 2.88. The average Bonchev–Trinajstić information content (AvgIpc) is 2.92. The van der Waals surface area contributed by atoms with Gasteiger partial charge in [0, 0.05) is 37.1 Å². The summed E-state index contributed by atoms with van der Waals surface area (Å²) in [5.41, 5.74) is 1.58. The maximum absolute atomic E-state index is 12.7. The minimum atomic E-state index is -0.320. The molecular formula is C17H20N2O4. The molecule has 0 N–H and O–H groups in total. The molecule has 2 heterocycles. The summed E-state index contributed by atoms with van der Waals surface area (Å²) in [7, 11) is 0. The van der Waals surface area contributed by atoms with Gasteiger partial charge in [0.15, 0.2) is 5.76 Å². The Hall–Kier alpha value is -2.50. The lowest BCUT2D eigenvalue weighted by Crippen LogP contribution is -2.50. The number of aryl methyl sites for hydroxylation is 1. The molecule has 0 radical (unpaired) electrons. The summed E-state index contributed by atoms with van der Waals surface area (Å²) in [6.45, 7) is 5.95. The molecule has 2 aromatic rings. The number of carbonyl (C=O) groups is 2. The quantitative estimate of drug-likeness (QED) is 0.854. The summed E-state index contributed by atoms with van der Waals surface area (Å²) < 4.78 is 10.7. The number of fused-ring (bicyclic) bond motifs is 1. The Balaban J connectivity index is 1.72. The van der Waals surface area contributed by atoms with Crippen molar-refractivity contribution in [3.8, 4) is 0 Å². The molecule has 0 atom stereocenters. The van der Waals surface area contributed by atoms with Crippen LogP contribution in [-0.2, 0) is 4.74 Å². The van der Waals surface area contributed by atoms with E-state index >= 15 is 0 Å². The molecule has 1 saturated heterocycles. The number of piperazine rings is 1. The minimum Gasteiger partial charge on any atom is -0.451 e. The van der Waals surface area contributed by atoms with Gasteiger partial charge < -0.3 is 19.0 Å². The van der Waals surface area contributed by atoms with Gasteiger partial charge in [-0.3, -0.25) is 4.79 Å². The van der Waals surface area contributed by atoms with Gasteiger partial charge in [-0.1, -0.05) is 18.2 Å². The highest BCUT2D eigenvalue weighted by Gasteiger charge is 2.28. The highest BCUT2D eigenvalue weighted by molar-refractivity contribution is 5.99. The summed E-state index contributed by atoms with van der Waals surface area (Å²) in [5, 5.41) is 0.959. The number of rotatable bonds is 2. The summed E-state index contributed by atoms with van der Waals surface area (Å²) in [6, 6.07) is 7.62. The predicted molar refractivity (Wildman–Crippen MR) is 85.4 cm³/mol. The van der Waals surface area contributed by atoms with Gasteiger partial charge in [-0.05, 0) is 19.9 Å². The zero-order chi connectivity index (χ0) is 16.4. The normalized spacial score (nSPS) is 15.0. The first-order chi connectivity index (χ1) is 11.1. The average molecular weight is 316 g/mol. The summed E-state index contributed by atoms with van der Waals surface area (Å²) in [4.78, 5) is 27.7. The largest absolute Gasteiger partial charge is 0.451 e. The predicted octanol–water partition coefficient (Wildman–Crippen LogP) is 2.66.